The number of carbonyl (C=O) groups excluding carboxylic acids is 1. The normalized spacial score (nSPS) is 10.9. The zero-order chi connectivity index (χ0) is 13.5. The van der Waals surface area contributed by atoms with Crippen molar-refractivity contribution in [3.05, 3.63) is 34.9 Å². The lowest BCUT2D eigenvalue weighted by molar-refractivity contribution is 0.0914. The molecular formula is C15H23NO2. The van der Waals surface area contributed by atoms with E-state index in [1.165, 1.54) is 0 Å². The van der Waals surface area contributed by atoms with E-state index in [1.807, 2.05) is 36.9 Å². The van der Waals surface area contributed by atoms with Gasteiger partial charge in [0.25, 0.3) is 0 Å². The Balaban J connectivity index is 2.76. The summed E-state index contributed by atoms with van der Waals surface area (Å²) < 4.78 is 0. The summed E-state index contributed by atoms with van der Waals surface area (Å²) in [4.78, 5) is 14.3. The first-order chi connectivity index (χ1) is 8.58. The van der Waals surface area contributed by atoms with E-state index in [-0.39, 0.29) is 12.4 Å². The Hall–Kier alpha value is -1.19. The number of nitrogens with zero attached hydrogens (tertiary/aromatic N) is 1. The molecule has 0 aromatic heterocycles. The first-order valence-corrected chi connectivity index (χ1v) is 6.52. The topological polar surface area (TPSA) is 40.5 Å². The van der Waals surface area contributed by atoms with E-state index in [1.54, 1.807) is 0 Å². The second-order valence-corrected chi connectivity index (χ2v) is 4.74. The summed E-state index contributed by atoms with van der Waals surface area (Å²) >= 11 is 0. The van der Waals surface area contributed by atoms with Crippen LogP contribution in [0.3, 0.4) is 0 Å². The van der Waals surface area contributed by atoms with Gasteiger partial charge in [-0.3, -0.25) is 9.69 Å². The molecule has 1 aromatic rings. The van der Waals surface area contributed by atoms with Gasteiger partial charge in [-0.15, -0.1) is 0 Å². The summed E-state index contributed by atoms with van der Waals surface area (Å²) in [6.07, 6.45) is 0.986. The summed E-state index contributed by atoms with van der Waals surface area (Å²) in [5.41, 5.74) is 2.92. The standard InChI is InChI=1S/C15H23NO2/c1-4-7-16(8-9-17)11-15(18)14-10-12(2)5-6-13(14)3/h5-6,10,17H,4,7-9,11H2,1-3H3. The number of Topliss-reactive ketones (excluding diaryl/α,β-unsaturated/α-hetero) is 1. The summed E-state index contributed by atoms with van der Waals surface area (Å²) in [5, 5.41) is 8.99. The average molecular weight is 249 g/mol. The van der Waals surface area contributed by atoms with Gasteiger partial charge in [0.05, 0.1) is 13.2 Å². The van der Waals surface area contributed by atoms with Crippen molar-refractivity contribution in [1.82, 2.24) is 4.90 Å². The summed E-state index contributed by atoms with van der Waals surface area (Å²) in [6, 6.07) is 5.95. The van der Waals surface area contributed by atoms with E-state index in [4.69, 9.17) is 5.11 Å². The first kappa shape index (κ1) is 14.9. The Morgan fingerprint density at radius 3 is 2.61 bits per heavy atom. The number of ketones is 1. The fourth-order valence-corrected chi connectivity index (χ4v) is 2.05. The van der Waals surface area contributed by atoms with Crippen molar-refractivity contribution in [3.63, 3.8) is 0 Å². The van der Waals surface area contributed by atoms with Crippen LogP contribution in [-0.4, -0.2) is 42.0 Å². The van der Waals surface area contributed by atoms with Gasteiger partial charge in [-0.2, -0.15) is 0 Å². The fraction of sp³-hybridized carbons (Fsp3) is 0.533. The van der Waals surface area contributed by atoms with Gasteiger partial charge in [0.2, 0.25) is 0 Å². The predicted octanol–water partition coefficient (Wildman–Crippen LogP) is 2.19. The van der Waals surface area contributed by atoms with Gasteiger partial charge in [0.15, 0.2) is 5.78 Å². The molecule has 0 bridgehead atoms. The molecule has 0 aliphatic carbocycles. The maximum atomic E-state index is 12.3. The van der Waals surface area contributed by atoms with Gasteiger partial charge in [-0.05, 0) is 38.4 Å². The lowest BCUT2D eigenvalue weighted by atomic mass is 10.0. The van der Waals surface area contributed by atoms with Crippen LogP contribution in [0.1, 0.15) is 34.8 Å². The van der Waals surface area contributed by atoms with Crippen LogP contribution in [0.2, 0.25) is 0 Å². The molecule has 18 heavy (non-hydrogen) atoms. The van der Waals surface area contributed by atoms with Crippen molar-refractivity contribution >= 4 is 5.78 Å². The third-order valence-corrected chi connectivity index (χ3v) is 3.02. The molecular weight excluding hydrogens is 226 g/mol. The number of aliphatic hydroxyl groups excluding tert-OH is 1. The number of aryl methyl sites for hydroxylation is 2. The van der Waals surface area contributed by atoms with Crippen molar-refractivity contribution in [1.29, 1.82) is 0 Å². The largest absolute Gasteiger partial charge is 0.395 e. The molecule has 3 nitrogen and oxygen atoms in total. The number of hydrogen-bond donors (Lipinski definition) is 1. The zero-order valence-electron chi connectivity index (χ0n) is 11.6. The molecule has 0 unspecified atom stereocenters. The molecule has 0 saturated carbocycles. The van der Waals surface area contributed by atoms with Crippen LogP contribution in [0.4, 0.5) is 0 Å². The van der Waals surface area contributed by atoms with E-state index >= 15 is 0 Å². The molecule has 0 spiro atoms. The molecule has 1 N–H and O–H groups in total. The highest BCUT2D eigenvalue weighted by Crippen LogP contribution is 2.12. The fourth-order valence-electron chi connectivity index (χ4n) is 2.05. The third-order valence-electron chi connectivity index (χ3n) is 3.02. The van der Waals surface area contributed by atoms with Gasteiger partial charge in [-0.25, -0.2) is 0 Å². The second-order valence-electron chi connectivity index (χ2n) is 4.74. The van der Waals surface area contributed by atoms with E-state index in [0.29, 0.717) is 13.1 Å². The van der Waals surface area contributed by atoms with Crippen molar-refractivity contribution in [2.24, 2.45) is 0 Å². The molecule has 1 aromatic carbocycles. The number of hydrogen-bond acceptors (Lipinski definition) is 3. The molecule has 0 fully saturated rings. The molecule has 0 aliphatic rings. The minimum atomic E-state index is 0.0973. The van der Waals surface area contributed by atoms with Crippen LogP contribution in [-0.2, 0) is 0 Å². The Morgan fingerprint density at radius 1 is 1.28 bits per heavy atom. The minimum absolute atomic E-state index is 0.0973. The maximum Gasteiger partial charge on any atom is 0.177 e. The van der Waals surface area contributed by atoms with Crippen molar-refractivity contribution < 1.29 is 9.90 Å². The van der Waals surface area contributed by atoms with E-state index in [2.05, 4.69) is 6.92 Å². The second kappa shape index (κ2) is 7.29. The zero-order valence-corrected chi connectivity index (χ0v) is 11.6. The Labute approximate surface area is 109 Å². The van der Waals surface area contributed by atoms with E-state index < -0.39 is 0 Å². The van der Waals surface area contributed by atoms with Gasteiger partial charge < -0.3 is 5.11 Å². The van der Waals surface area contributed by atoms with Crippen molar-refractivity contribution in [2.75, 3.05) is 26.2 Å². The molecule has 100 valence electrons. The van der Waals surface area contributed by atoms with Crippen molar-refractivity contribution in [3.8, 4) is 0 Å². The number of benzene rings is 1. The van der Waals surface area contributed by atoms with Crippen LogP contribution in [0, 0.1) is 13.8 Å². The third kappa shape index (κ3) is 4.24. The number of carbonyl (C=O) groups is 1. The molecule has 3 heteroatoms. The highest BCUT2D eigenvalue weighted by atomic mass is 16.3. The molecule has 1 rings (SSSR count). The van der Waals surface area contributed by atoms with Crippen LogP contribution < -0.4 is 0 Å². The van der Waals surface area contributed by atoms with Crippen LogP contribution >= 0.6 is 0 Å². The lowest BCUT2D eigenvalue weighted by Gasteiger charge is -2.20. The molecule has 0 heterocycles. The maximum absolute atomic E-state index is 12.3. The monoisotopic (exact) mass is 249 g/mol. The predicted molar refractivity (Wildman–Crippen MR) is 74.1 cm³/mol. The summed E-state index contributed by atoms with van der Waals surface area (Å²) in [7, 11) is 0. The highest BCUT2D eigenvalue weighted by Gasteiger charge is 2.13. The van der Waals surface area contributed by atoms with Crippen LogP contribution in [0.15, 0.2) is 18.2 Å². The first-order valence-electron chi connectivity index (χ1n) is 6.52. The van der Waals surface area contributed by atoms with Crippen LogP contribution in [0.5, 0.6) is 0 Å². The summed E-state index contributed by atoms with van der Waals surface area (Å²) in [6.45, 7) is 7.92. The van der Waals surface area contributed by atoms with Crippen molar-refractivity contribution in [2.45, 2.75) is 27.2 Å². The smallest absolute Gasteiger partial charge is 0.177 e. The molecule has 0 saturated heterocycles. The van der Waals surface area contributed by atoms with E-state index in [9.17, 15) is 4.79 Å². The quantitative estimate of drug-likeness (QED) is 0.753. The number of rotatable bonds is 7. The Kier molecular flexibility index (Phi) is 6.02. The molecule has 0 amide bonds. The lowest BCUT2D eigenvalue weighted by Crippen LogP contribution is -2.33. The van der Waals surface area contributed by atoms with Gasteiger partial charge >= 0.3 is 0 Å². The Bertz CT molecular complexity index is 395. The van der Waals surface area contributed by atoms with E-state index in [0.717, 1.165) is 29.7 Å². The number of aliphatic hydroxyl groups is 1. The molecule has 0 atom stereocenters. The highest BCUT2D eigenvalue weighted by molar-refractivity contribution is 5.99. The SMILES string of the molecule is CCCN(CCO)CC(=O)c1cc(C)ccc1C. The molecule has 0 aliphatic heterocycles. The van der Waals surface area contributed by atoms with Gasteiger partial charge in [-0.1, -0.05) is 24.6 Å². The Morgan fingerprint density at radius 2 is 2.00 bits per heavy atom. The summed E-state index contributed by atoms with van der Waals surface area (Å²) in [5.74, 6) is 0.137. The molecule has 0 radical (unpaired) electrons. The van der Waals surface area contributed by atoms with Gasteiger partial charge in [0.1, 0.15) is 0 Å². The van der Waals surface area contributed by atoms with Crippen LogP contribution in [0.25, 0.3) is 0 Å². The van der Waals surface area contributed by atoms with Gasteiger partial charge in [0, 0.05) is 12.1 Å². The average Bonchev–Trinajstić information content (AvgIpc) is 2.33. The minimum Gasteiger partial charge on any atom is -0.395 e.